The molecule has 1 aliphatic heterocycles. The number of fused-ring (bicyclic) bond motifs is 1. The summed E-state index contributed by atoms with van der Waals surface area (Å²) in [6, 6.07) is 4.79. The average Bonchev–Trinajstić information content (AvgIpc) is 2.80. The first-order chi connectivity index (χ1) is 9.11. The molecule has 0 saturated carbocycles. The molecule has 100 valence electrons. The van der Waals surface area contributed by atoms with Crippen molar-refractivity contribution in [3.63, 3.8) is 0 Å². The number of nitrogens with two attached hydrogens (primary N) is 1. The Morgan fingerprint density at radius 3 is 2.95 bits per heavy atom. The Labute approximate surface area is 109 Å². The van der Waals surface area contributed by atoms with Crippen LogP contribution in [-0.4, -0.2) is 35.3 Å². The summed E-state index contributed by atoms with van der Waals surface area (Å²) in [5.74, 6) is -0.994. The second kappa shape index (κ2) is 4.32. The molecule has 6 heteroatoms. The van der Waals surface area contributed by atoms with Gasteiger partial charge in [0.05, 0.1) is 13.2 Å². The third-order valence-electron chi connectivity index (χ3n) is 3.63. The van der Waals surface area contributed by atoms with Crippen LogP contribution in [0, 0.1) is 0 Å². The van der Waals surface area contributed by atoms with Crippen molar-refractivity contribution >= 4 is 17.1 Å². The third kappa shape index (κ3) is 1.98. The lowest BCUT2D eigenvalue weighted by Gasteiger charge is -2.42. The van der Waals surface area contributed by atoms with Gasteiger partial charge in [0.25, 0.3) is 0 Å². The fraction of sp³-hybridized carbons (Fsp3) is 0.385. The van der Waals surface area contributed by atoms with Crippen LogP contribution in [0.2, 0.25) is 0 Å². The molecule has 0 amide bonds. The summed E-state index contributed by atoms with van der Waals surface area (Å²) in [7, 11) is 0. The minimum Gasteiger partial charge on any atom is -0.480 e. The molecule has 2 heterocycles. The number of benzene rings is 1. The molecule has 1 aromatic heterocycles. The first-order valence-corrected chi connectivity index (χ1v) is 6.01. The molecule has 1 fully saturated rings. The number of hydrogen-bond acceptors (Lipinski definition) is 5. The molecule has 2 aromatic rings. The van der Waals surface area contributed by atoms with Gasteiger partial charge in [0.15, 0.2) is 12.0 Å². The predicted molar refractivity (Wildman–Crippen MR) is 66.7 cm³/mol. The van der Waals surface area contributed by atoms with E-state index >= 15 is 0 Å². The second-order valence-electron chi connectivity index (χ2n) is 4.96. The van der Waals surface area contributed by atoms with Gasteiger partial charge in [0.2, 0.25) is 0 Å². The number of hydrogen-bond donors (Lipinski definition) is 2. The smallest absolute Gasteiger partial charge is 0.320 e. The molecule has 0 bridgehead atoms. The van der Waals surface area contributed by atoms with Gasteiger partial charge in [-0.3, -0.25) is 4.79 Å². The molecule has 1 aromatic carbocycles. The molecule has 3 rings (SSSR count). The van der Waals surface area contributed by atoms with Crippen LogP contribution in [-0.2, 0) is 14.9 Å². The molecule has 1 unspecified atom stereocenters. The van der Waals surface area contributed by atoms with Gasteiger partial charge in [0.1, 0.15) is 11.6 Å². The average molecular weight is 262 g/mol. The van der Waals surface area contributed by atoms with E-state index in [1.54, 1.807) is 0 Å². The van der Waals surface area contributed by atoms with E-state index in [9.17, 15) is 4.79 Å². The van der Waals surface area contributed by atoms with Gasteiger partial charge in [-0.2, -0.15) is 0 Å². The zero-order valence-electron chi connectivity index (χ0n) is 10.2. The van der Waals surface area contributed by atoms with Crippen molar-refractivity contribution in [3.05, 3.63) is 30.2 Å². The highest BCUT2D eigenvalue weighted by Gasteiger charge is 2.43. The van der Waals surface area contributed by atoms with Crippen LogP contribution < -0.4 is 5.73 Å². The van der Waals surface area contributed by atoms with Crippen LogP contribution in [0.1, 0.15) is 12.0 Å². The van der Waals surface area contributed by atoms with Crippen LogP contribution in [0.25, 0.3) is 11.1 Å². The van der Waals surface area contributed by atoms with Gasteiger partial charge >= 0.3 is 5.97 Å². The Hall–Kier alpha value is -1.92. The summed E-state index contributed by atoms with van der Waals surface area (Å²) < 4.78 is 10.5. The molecule has 1 atom stereocenters. The Morgan fingerprint density at radius 1 is 1.53 bits per heavy atom. The topological polar surface area (TPSA) is 98.6 Å². The molecule has 0 spiro atoms. The van der Waals surface area contributed by atoms with Crippen molar-refractivity contribution in [2.45, 2.75) is 17.9 Å². The van der Waals surface area contributed by atoms with Gasteiger partial charge < -0.3 is 20.0 Å². The number of aromatic nitrogens is 1. The highest BCUT2D eigenvalue weighted by atomic mass is 16.5. The van der Waals surface area contributed by atoms with E-state index in [2.05, 4.69) is 4.98 Å². The Morgan fingerprint density at radius 2 is 2.32 bits per heavy atom. The fourth-order valence-corrected chi connectivity index (χ4v) is 2.44. The van der Waals surface area contributed by atoms with Gasteiger partial charge in [-0.25, -0.2) is 4.98 Å². The van der Waals surface area contributed by atoms with E-state index in [-0.39, 0.29) is 5.41 Å². The number of rotatable bonds is 4. The molecular weight excluding hydrogens is 248 g/mol. The lowest BCUT2D eigenvalue weighted by molar-refractivity contribution is -0.141. The van der Waals surface area contributed by atoms with Crippen molar-refractivity contribution in [1.82, 2.24) is 4.98 Å². The number of carboxylic acid groups (broad SMARTS) is 1. The van der Waals surface area contributed by atoms with Gasteiger partial charge in [-0.05, 0) is 24.1 Å². The second-order valence-corrected chi connectivity index (χ2v) is 4.96. The van der Waals surface area contributed by atoms with Crippen molar-refractivity contribution in [2.75, 3.05) is 13.2 Å². The largest absolute Gasteiger partial charge is 0.480 e. The SMILES string of the molecule is NC(CC1(c2ccc3ncoc3c2)COC1)C(=O)O. The number of nitrogens with zero attached hydrogens (tertiary/aromatic N) is 1. The summed E-state index contributed by atoms with van der Waals surface area (Å²) in [5, 5.41) is 8.96. The lowest BCUT2D eigenvalue weighted by atomic mass is 9.74. The number of oxazole rings is 1. The first-order valence-electron chi connectivity index (χ1n) is 6.01. The predicted octanol–water partition coefficient (Wildman–Crippen LogP) is 0.898. The van der Waals surface area contributed by atoms with E-state index in [0.717, 1.165) is 11.1 Å². The standard InChI is InChI=1S/C13H14N2O4/c14-9(12(16)17)4-13(5-18-6-13)8-1-2-10-11(3-8)19-7-15-10/h1-3,7,9H,4-6,14H2,(H,16,17). The Kier molecular flexibility index (Phi) is 2.76. The summed E-state index contributed by atoms with van der Waals surface area (Å²) in [6.45, 7) is 0.960. The fourth-order valence-electron chi connectivity index (χ4n) is 2.44. The monoisotopic (exact) mass is 262 g/mol. The molecule has 19 heavy (non-hydrogen) atoms. The van der Waals surface area contributed by atoms with Crippen LogP contribution in [0.15, 0.2) is 29.0 Å². The van der Waals surface area contributed by atoms with Crippen molar-refractivity contribution in [1.29, 1.82) is 0 Å². The minimum absolute atomic E-state index is 0.335. The first kappa shape index (κ1) is 12.1. The molecule has 1 saturated heterocycles. The van der Waals surface area contributed by atoms with E-state index in [1.807, 2.05) is 18.2 Å². The third-order valence-corrected chi connectivity index (χ3v) is 3.63. The summed E-state index contributed by atoms with van der Waals surface area (Å²) in [6.07, 6.45) is 1.74. The van der Waals surface area contributed by atoms with Gasteiger partial charge in [-0.15, -0.1) is 0 Å². The number of carbonyl (C=O) groups is 1. The van der Waals surface area contributed by atoms with Crippen molar-refractivity contribution < 1.29 is 19.1 Å². The van der Waals surface area contributed by atoms with E-state index in [1.165, 1.54) is 6.39 Å². The maximum absolute atomic E-state index is 10.9. The van der Waals surface area contributed by atoms with Crippen LogP contribution >= 0.6 is 0 Å². The zero-order valence-corrected chi connectivity index (χ0v) is 10.2. The quantitative estimate of drug-likeness (QED) is 0.849. The van der Waals surface area contributed by atoms with Crippen LogP contribution in [0.3, 0.4) is 0 Å². The minimum atomic E-state index is -0.994. The highest BCUT2D eigenvalue weighted by molar-refractivity contribution is 5.75. The molecule has 6 nitrogen and oxygen atoms in total. The number of aliphatic carboxylic acids is 1. The maximum Gasteiger partial charge on any atom is 0.320 e. The summed E-state index contributed by atoms with van der Waals surface area (Å²) in [4.78, 5) is 15.0. The summed E-state index contributed by atoms with van der Waals surface area (Å²) in [5.41, 5.74) is 7.77. The van der Waals surface area contributed by atoms with E-state index in [4.69, 9.17) is 20.0 Å². The Bertz CT molecular complexity index is 618. The molecule has 1 aliphatic rings. The molecule has 0 radical (unpaired) electrons. The summed E-state index contributed by atoms with van der Waals surface area (Å²) >= 11 is 0. The van der Waals surface area contributed by atoms with E-state index < -0.39 is 12.0 Å². The van der Waals surface area contributed by atoms with E-state index in [0.29, 0.717) is 25.2 Å². The maximum atomic E-state index is 10.9. The highest BCUT2D eigenvalue weighted by Crippen LogP contribution is 2.37. The van der Waals surface area contributed by atoms with Gasteiger partial charge in [-0.1, -0.05) is 6.07 Å². The van der Waals surface area contributed by atoms with Crippen LogP contribution in [0.5, 0.6) is 0 Å². The molecular formula is C13H14N2O4. The number of ether oxygens (including phenoxy) is 1. The van der Waals surface area contributed by atoms with Gasteiger partial charge in [0, 0.05) is 5.41 Å². The van der Waals surface area contributed by atoms with Crippen molar-refractivity contribution in [3.8, 4) is 0 Å². The van der Waals surface area contributed by atoms with Crippen LogP contribution in [0.4, 0.5) is 0 Å². The molecule has 0 aliphatic carbocycles. The lowest BCUT2D eigenvalue weighted by Crippen LogP contribution is -2.51. The normalized spacial score (nSPS) is 19.0. The molecule has 3 N–H and O–H groups in total. The number of carboxylic acids is 1. The van der Waals surface area contributed by atoms with Crippen molar-refractivity contribution in [2.24, 2.45) is 5.73 Å². The Balaban J connectivity index is 1.94. The zero-order chi connectivity index (χ0) is 13.5.